The molecular weight excluding hydrogens is 223 g/mol. The Kier molecular flexibility index (Phi) is 3.35. The number of fused-ring (bicyclic) bond motifs is 1. The summed E-state index contributed by atoms with van der Waals surface area (Å²) >= 11 is 0. The fourth-order valence-electron chi connectivity index (χ4n) is 2.02. The molecule has 1 atom stereocenters. The third kappa shape index (κ3) is 2.01. The molecule has 1 aromatic rings. The van der Waals surface area contributed by atoms with Crippen LogP contribution in [0.5, 0.6) is 11.5 Å². The Morgan fingerprint density at radius 3 is 2.82 bits per heavy atom. The maximum absolute atomic E-state index is 10.6. The summed E-state index contributed by atoms with van der Waals surface area (Å²) < 4.78 is 15.6. The first-order valence-electron chi connectivity index (χ1n) is 5.24. The van der Waals surface area contributed by atoms with E-state index in [0.29, 0.717) is 22.5 Å². The highest BCUT2D eigenvalue weighted by Crippen LogP contribution is 2.35. The van der Waals surface area contributed by atoms with E-state index in [1.165, 1.54) is 14.2 Å². The van der Waals surface area contributed by atoms with Gasteiger partial charge in [0.15, 0.2) is 0 Å². The van der Waals surface area contributed by atoms with Crippen LogP contribution in [0, 0.1) is 0 Å². The van der Waals surface area contributed by atoms with Gasteiger partial charge >= 0.3 is 7.12 Å². The van der Waals surface area contributed by atoms with E-state index in [0.717, 1.165) is 6.29 Å². The van der Waals surface area contributed by atoms with E-state index in [2.05, 4.69) is 0 Å². The Morgan fingerprint density at radius 2 is 2.24 bits per heavy atom. The van der Waals surface area contributed by atoms with Gasteiger partial charge in [-0.2, -0.15) is 0 Å². The Labute approximate surface area is 99.4 Å². The predicted molar refractivity (Wildman–Crippen MR) is 61.7 cm³/mol. The molecule has 17 heavy (non-hydrogen) atoms. The first-order chi connectivity index (χ1) is 8.21. The molecule has 0 saturated heterocycles. The number of aldehydes is 1. The van der Waals surface area contributed by atoms with Crippen LogP contribution in [0.2, 0.25) is 0 Å². The lowest BCUT2D eigenvalue weighted by Gasteiger charge is -2.13. The van der Waals surface area contributed by atoms with E-state index in [4.69, 9.17) is 14.1 Å². The molecule has 0 radical (unpaired) electrons. The van der Waals surface area contributed by atoms with Crippen molar-refractivity contribution in [2.75, 3.05) is 14.2 Å². The highest BCUT2D eigenvalue weighted by atomic mass is 16.5. The molecular formula is C11H13BO5. The minimum absolute atomic E-state index is 0.187. The summed E-state index contributed by atoms with van der Waals surface area (Å²) in [5.41, 5.74) is 1.31. The summed E-state index contributed by atoms with van der Waals surface area (Å²) in [7, 11) is 2.02. The number of rotatable bonds is 4. The molecule has 1 unspecified atom stereocenters. The molecule has 0 amide bonds. The fraction of sp³-hybridized carbons (Fsp3) is 0.364. The molecule has 0 saturated carbocycles. The minimum atomic E-state index is -1.04. The lowest BCUT2D eigenvalue weighted by molar-refractivity contribution is -0.109. The number of carbonyl (C=O) groups is 1. The number of methoxy groups -OCH3 is 2. The molecule has 1 N–H and O–H groups in total. The fourth-order valence-corrected chi connectivity index (χ4v) is 2.02. The molecule has 0 fully saturated rings. The van der Waals surface area contributed by atoms with Crippen molar-refractivity contribution < 1.29 is 23.9 Å². The predicted octanol–water partition coefficient (Wildman–Crippen LogP) is 0.0516. The van der Waals surface area contributed by atoms with Gasteiger partial charge in [-0.05, 0) is 11.5 Å². The lowest BCUT2D eigenvalue weighted by Crippen LogP contribution is -2.28. The van der Waals surface area contributed by atoms with Crippen LogP contribution in [0.1, 0.15) is 18.1 Å². The van der Waals surface area contributed by atoms with Crippen molar-refractivity contribution in [3.8, 4) is 11.5 Å². The first kappa shape index (κ1) is 11.9. The molecule has 1 aliphatic heterocycles. The van der Waals surface area contributed by atoms with E-state index in [1.54, 1.807) is 12.1 Å². The second-order valence-corrected chi connectivity index (χ2v) is 3.71. The van der Waals surface area contributed by atoms with Crippen LogP contribution < -0.4 is 14.9 Å². The van der Waals surface area contributed by atoms with Crippen molar-refractivity contribution in [2.45, 2.75) is 12.5 Å². The van der Waals surface area contributed by atoms with Gasteiger partial charge < -0.3 is 23.9 Å². The Balaban J connectivity index is 2.51. The molecule has 2 rings (SSSR count). The van der Waals surface area contributed by atoms with Crippen LogP contribution in [0.3, 0.4) is 0 Å². The molecule has 1 aliphatic rings. The Hall–Kier alpha value is -1.53. The van der Waals surface area contributed by atoms with E-state index in [1.807, 2.05) is 0 Å². The number of ether oxygens (including phenoxy) is 2. The third-order valence-corrected chi connectivity index (χ3v) is 2.79. The summed E-state index contributed by atoms with van der Waals surface area (Å²) in [6, 6.07) is 3.39. The maximum Gasteiger partial charge on any atom is 0.492 e. The van der Waals surface area contributed by atoms with Crippen molar-refractivity contribution in [1.29, 1.82) is 0 Å². The van der Waals surface area contributed by atoms with Crippen LogP contribution in [-0.4, -0.2) is 32.6 Å². The molecule has 6 heteroatoms. The van der Waals surface area contributed by atoms with Crippen LogP contribution in [0.4, 0.5) is 0 Å². The molecule has 0 aromatic heterocycles. The zero-order valence-corrected chi connectivity index (χ0v) is 9.67. The zero-order chi connectivity index (χ0) is 12.4. The van der Waals surface area contributed by atoms with Gasteiger partial charge in [-0.15, -0.1) is 0 Å². The van der Waals surface area contributed by atoms with Crippen LogP contribution in [0.15, 0.2) is 12.1 Å². The maximum atomic E-state index is 10.6. The number of hydrogen-bond donors (Lipinski definition) is 1. The molecule has 5 nitrogen and oxygen atoms in total. The molecule has 0 aliphatic carbocycles. The van der Waals surface area contributed by atoms with E-state index < -0.39 is 13.2 Å². The molecule has 1 heterocycles. The van der Waals surface area contributed by atoms with Crippen molar-refractivity contribution in [2.24, 2.45) is 0 Å². The number of hydrogen-bond acceptors (Lipinski definition) is 5. The summed E-state index contributed by atoms with van der Waals surface area (Å²) in [6.07, 6.45) is 0.487. The van der Waals surface area contributed by atoms with Gasteiger partial charge in [0.1, 0.15) is 17.8 Å². The monoisotopic (exact) mass is 236 g/mol. The molecule has 0 bridgehead atoms. The normalized spacial score (nSPS) is 17.8. The van der Waals surface area contributed by atoms with Gasteiger partial charge in [0, 0.05) is 18.1 Å². The van der Waals surface area contributed by atoms with Gasteiger partial charge in [0.2, 0.25) is 0 Å². The summed E-state index contributed by atoms with van der Waals surface area (Å²) in [4.78, 5) is 10.6. The highest BCUT2D eigenvalue weighted by Gasteiger charge is 2.37. The van der Waals surface area contributed by atoms with E-state index in [-0.39, 0.29) is 6.42 Å². The smallest absolute Gasteiger partial charge is 0.492 e. The lowest BCUT2D eigenvalue weighted by atomic mass is 9.78. The topological polar surface area (TPSA) is 65.0 Å². The average molecular weight is 236 g/mol. The van der Waals surface area contributed by atoms with Gasteiger partial charge in [0.25, 0.3) is 0 Å². The van der Waals surface area contributed by atoms with Gasteiger partial charge in [0.05, 0.1) is 20.3 Å². The minimum Gasteiger partial charge on any atom is -0.497 e. The SMILES string of the molecule is COc1cc(OC)c2c(c1)B(O)OC2CC=O. The molecule has 0 spiro atoms. The van der Waals surface area contributed by atoms with Crippen molar-refractivity contribution in [1.82, 2.24) is 0 Å². The second-order valence-electron chi connectivity index (χ2n) is 3.71. The van der Waals surface area contributed by atoms with Crippen LogP contribution >= 0.6 is 0 Å². The number of benzene rings is 1. The third-order valence-electron chi connectivity index (χ3n) is 2.79. The summed E-state index contributed by atoms with van der Waals surface area (Å²) in [5.74, 6) is 1.14. The molecule has 1 aromatic carbocycles. The quantitative estimate of drug-likeness (QED) is 0.591. The van der Waals surface area contributed by atoms with Crippen LogP contribution in [-0.2, 0) is 9.45 Å². The zero-order valence-electron chi connectivity index (χ0n) is 9.67. The van der Waals surface area contributed by atoms with E-state index >= 15 is 0 Å². The summed E-state index contributed by atoms with van der Waals surface area (Å²) in [6.45, 7) is 0. The van der Waals surface area contributed by atoms with E-state index in [9.17, 15) is 9.82 Å². The van der Waals surface area contributed by atoms with Gasteiger partial charge in [-0.25, -0.2) is 0 Å². The highest BCUT2D eigenvalue weighted by molar-refractivity contribution is 6.62. The number of carbonyl (C=O) groups excluding carboxylic acids is 1. The van der Waals surface area contributed by atoms with Gasteiger partial charge in [-0.1, -0.05) is 0 Å². The van der Waals surface area contributed by atoms with Gasteiger partial charge in [-0.3, -0.25) is 0 Å². The van der Waals surface area contributed by atoms with Crippen molar-refractivity contribution in [3.05, 3.63) is 17.7 Å². The average Bonchev–Trinajstić information content (AvgIpc) is 2.66. The Bertz CT molecular complexity index is 434. The largest absolute Gasteiger partial charge is 0.497 e. The standard InChI is InChI=1S/C11H13BO5/c1-15-7-5-8-11(10(6-7)16-2)9(3-4-13)17-12(8)14/h4-6,9,14H,3H2,1-2H3. The first-order valence-corrected chi connectivity index (χ1v) is 5.24. The molecule has 90 valence electrons. The second kappa shape index (κ2) is 4.77. The van der Waals surface area contributed by atoms with Crippen molar-refractivity contribution >= 4 is 18.9 Å². The van der Waals surface area contributed by atoms with Crippen molar-refractivity contribution in [3.63, 3.8) is 0 Å². The van der Waals surface area contributed by atoms with Crippen LogP contribution in [0.25, 0.3) is 0 Å². The summed E-state index contributed by atoms with van der Waals surface area (Å²) in [5, 5.41) is 9.77. The Morgan fingerprint density at radius 1 is 1.47 bits per heavy atom.